The van der Waals surface area contributed by atoms with Gasteiger partial charge in [-0.2, -0.15) is 0 Å². The van der Waals surface area contributed by atoms with Crippen LogP contribution in [0.4, 0.5) is 10.1 Å². The molecular weight excluding hydrogens is 375 g/mol. The second kappa shape index (κ2) is 7.13. The van der Waals surface area contributed by atoms with Gasteiger partial charge in [0.2, 0.25) is 0 Å². The Morgan fingerprint density at radius 1 is 1.15 bits per heavy atom. The fraction of sp³-hybridized carbons (Fsp3) is 0.158. The summed E-state index contributed by atoms with van der Waals surface area (Å²) < 4.78 is 39.7. The molecule has 136 valence electrons. The predicted octanol–water partition coefficient (Wildman–Crippen LogP) is 4.46. The van der Waals surface area contributed by atoms with E-state index in [1.54, 1.807) is 6.07 Å². The van der Waals surface area contributed by atoms with Crippen molar-refractivity contribution in [2.24, 2.45) is 0 Å². The summed E-state index contributed by atoms with van der Waals surface area (Å²) in [6, 6.07) is 12.5. The maximum absolute atomic E-state index is 13.4. The van der Waals surface area contributed by atoms with E-state index in [4.69, 9.17) is 11.6 Å². The van der Waals surface area contributed by atoms with Crippen LogP contribution in [-0.2, 0) is 16.6 Å². The lowest BCUT2D eigenvalue weighted by atomic mass is 10.2. The maximum Gasteiger partial charge on any atom is 0.267 e. The Labute approximate surface area is 157 Å². The lowest BCUT2D eigenvalue weighted by Gasteiger charge is -2.20. The molecule has 0 saturated heterocycles. The minimum absolute atomic E-state index is 0.0883. The standard InChI is InChI=1S/C19H18ClFN2O2S/c1-14-6-7-19(18(20)10-14)22(2)12-15-8-9-23(13-15)26(24,25)17-5-3-4-16(21)11-17/h3-11,13H,12H2,1-2H3. The van der Waals surface area contributed by atoms with Crippen LogP contribution in [-0.4, -0.2) is 19.4 Å². The van der Waals surface area contributed by atoms with E-state index >= 15 is 0 Å². The van der Waals surface area contributed by atoms with Crippen LogP contribution >= 0.6 is 11.6 Å². The molecule has 3 aromatic rings. The minimum atomic E-state index is -3.82. The number of benzene rings is 2. The average Bonchev–Trinajstić information content (AvgIpc) is 3.04. The van der Waals surface area contributed by atoms with E-state index in [1.807, 2.05) is 37.1 Å². The van der Waals surface area contributed by atoms with Crippen LogP contribution in [0, 0.1) is 12.7 Å². The van der Waals surface area contributed by atoms with Crippen molar-refractivity contribution in [1.82, 2.24) is 3.97 Å². The van der Waals surface area contributed by atoms with Crippen molar-refractivity contribution < 1.29 is 12.8 Å². The molecule has 2 aromatic carbocycles. The van der Waals surface area contributed by atoms with Crippen LogP contribution in [0.1, 0.15) is 11.1 Å². The van der Waals surface area contributed by atoms with Crippen LogP contribution in [0.2, 0.25) is 5.02 Å². The van der Waals surface area contributed by atoms with Crippen LogP contribution in [0.15, 0.2) is 65.8 Å². The Balaban J connectivity index is 1.83. The minimum Gasteiger partial charge on any atom is -0.369 e. The first kappa shape index (κ1) is 18.5. The SMILES string of the molecule is Cc1ccc(N(C)Cc2ccn(S(=O)(=O)c3cccc(F)c3)c2)c(Cl)c1. The summed E-state index contributed by atoms with van der Waals surface area (Å²) in [5.74, 6) is -0.591. The highest BCUT2D eigenvalue weighted by atomic mass is 35.5. The highest BCUT2D eigenvalue weighted by molar-refractivity contribution is 7.90. The molecule has 0 amide bonds. The van der Waals surface area contributed by atoms with E-state index in [-0.39, 0.29) is 4.90 Å². The molecule has 1 aromatic heterocycles. The molecule has 0 aliphatic carbocycles. The highest BCUT2D eigenvalue weighted by Crippen LogP contribution is 2.27. The summed E-state index contributed by atoms with van der Waals surface area (Å²) in [6.45, 7) is 2.45. The lowest BCUT2D eigenvalue weighted by molar-refractivity contribution is 0.583. The van der Waals surface area contributed by atoms with Gasteiger partial charge in [-0.15, -0.1) is 0 Å². The molecule has 4 nitrogen and oxygen atoms in total. The summed E-state index contributed by atoms with van der Waals surface area (Å²) in [7, 11) is -1.94. The number of hydrogen-bond donors (Lipinski definition) is 0. The zero-order chi connectivity index (χ0) is 18.9. The normalized spacial score (nSPS) is 11.5. The van der Waals surface area contributed by atoms with E-state index in [2.05, 4.69) is 0 Å². The number of nitrogens with zero attached hydrogens (tertiary/aromatic N) is 2. The van der Waals surface area contributed by atoms with Crippen molar-refractivity contribution in [2.45, 2.75) is 18.4 Å². The van der Waals surface area contributed by atoms with E-state index < -0.39 is 15.8 Å². The molecule has 26 heavy (non-hydrogen) atoms. The number of rotatable bonds is 5. The van der Waals surface area contributed by atoms with E-state index in [0.717, 1.165) is 26.9 Å². The Morgan fingerprint density at radius 2 is 1.92 bits per heavy atom. The van der Waals surface area contributed by atoms with Gasteiger partial charge in [0.05, 0.1) is 15.6 Å². The second-order valence-corrected chi connectivity index (χ2v) is 8.37. The largest absolute Gasteiger partial charge is 0.369 e. The zero-order valence-corrected chi connectivity index (χ0v) is 15.9. The fourth-order valence-corrected chi connectivity index (χ4v) is 4.32. The van der Waals surface area contributed by atoms with Gasteiger partial charge < -0.3 is 4.90 Å². The molecule has 0 spiro atoms. The third-order valence-electron chi connectivity index (χ3n) is 4.03. The first-order valence-electron chi connectivity index (χ1n) is 7.93. The number of hydrogen-bond acceptors (Lipinski definition) is 3. The van der Waals surface area contributed by atoms with Crippen molar-refractivity contribution in [3.8, 4) is 0 Å². The summed E-state index contributed by atoms with van der Waals surface area (Å²) in [5, 5.41) is 0.638. The Bertz CT molecular complexity index is 1050. The third kappa shape index (κ3) is 3.76. The molecule has 0 bridgehead atoms. The van der Waals surface area contributed by atoms with Gasteiger partial charge in [-0.25, -0.2) is 16.8 Å². The van der Waals surface area contributed by atoms with Gasteiger partial charge in [0.25, 0.3) is 10.0 Å². The third-order valence-corrected chi connectivity index (χ3v) is 5.97. The van der Waals surface area contributed by atoms with Gasteiger partial charge in [-0.3, -0.25) is 0 Å². The monoisotopic (exact) mass is 392 g/mol. The molecule has 0 radical (unpaired) electrons. The molecule has 1 heterocycles. The molecule has 0 N–H and O–H groups in total. The number of halogens is 2. The van der Waals surface area contributed by atoms with Gasteiger partial charge in [0.15, 0.2) is 0 Å². The Morgan fingerprint density at radius 3 is 2.62 bits per heavy atom. The summed E-state index contributed by atoms with van der Waals surface area (Å²) >= 11 is 6.28. The van der Waals surface area contributed by atoms with Gasteiger partial charge >= 0.3 is 0 Å². The van der Waals surface area contributed by atoms with Gasteiger partial charge in [-0.1, -0.05) is 23.7 Å². The number of anilines is 1. The molecule has 7 heteroatoms. The summed E-state index contributed by atoms with van der Waals surface area (Å²) in [5.41, 5.74) is 2.72. The van der Waals surface area contributed by atoms with E-state index in [1.165, 1.54) is 30.6 Å². The zero-order valence-electron chi connectivity index (χ0n) is 14.4. The molecule has 0 aliphatic rings. The number of aromatic nitrogens is 1. The van der Waals surface area contributed by atoms with Crippen LogP contribution in [0.25, 0.3) is 0 Å². The average molecular weight is 393 g/mol. The van der Waals surface area contributed by atoms with Gasteiger partial charge in [0.1, 0.15) is 5.82 Å². The van der Waals surface area contributed by atoms with Crippen LogP contribution in [0.5, 0.6) is 0 Å². The topological polar surface area (TPSA) is 42.3 Å². The molecule has 0 unspecified atom stereocenters. The number of aryl methyl sites for hydroxylation is 1. The first-order chi connectivity index (χ1) is 12.3. The van der Waals surface area contributed by atoms with Crippen molar-refractivity contribution in [3.63, 3.8) is 0 Å². The highest BCUT2D eigenvalue weighted by Gasteiger charge is 2.18. The Kier molecular flexibility index (Phi) is 5.07. The predicted molar refractivity (Wildman–Crippen MR) is 102 cm³/mol. The molecule has 0 fully saturated rings. The van der Waals surface area contributed by atoms with E-state index in [9.17, 15) is 12.8 Å². The molecule has 0 aliphatic heterocycles. The van der Waals surface area contributed by atoms with Crippen molar-refractivity contribution in [3.05, 3.63) is 82.9 Å². The molecule has 0 atom stereocenters. The lowest BCUT2D eigenvalue weighted by Crippen LogP contribution is -2.17. The molecular formula is C19H18ClFN2O2S. The smallest absolute Gasteiger partial charge is 0.267 e. The maximum atomic E-state index is 13.4. The van der Waals surface area contributed by atoms with Crippen molar-refractivity contribution >= 4 is 27.3 Å². The summed E-state index contributed by atoms with van der Waals surface area (Å²) in [4.78, 5) is 1.85. The van der Waals surface area contributed by atoms with E-state index in [0.29, 0.717) is 11.6 Å². The van der Waals surface area contributed by atoms with Crippen molar-refractivity contribution in [2.75, 3.05) is 11.9 Å². The quantitative estimate of drug-likeness (QED) is 0.643. The van der Waals surface area contributed by atoms with Crippen LogP contribution in [0.3, 0.4) is 0 Å². The van der Waals surface area contributed by atoms with Gasteiger partial charge in [0, 0.05) is 26.0 Å². The molecule has 3 rings (SSSR count). The van der Waals surface area contributed by atoms with Crippen LogP contribution < -0.4 is 4.90 Å². The molecule has 0 saturated carbocycles. The van der Waals surface area contributed by atoms with Gasteiger partial charge in [-0.05, 0) is 54.4 Å². The van der Waals surface area contributed by atoms with Crippen molar-refractivity contribution in [1.29, 1.82) is 0 Å². The Hall–Kier alpha value is -2.31. The first-order valence-corrected chi connectivity index (χ1v) is 9.74. The second-order valence-electron chi connectivity index (χ2n) is 6.12. The summed E-state index contributed by atoms with van der Waals surface area (Å²) in [6.07, 6.45) is 2.99. The fourth-order valence-electron chi connectivity index (χ4n) is 2.69.